The summed E-state index contributed by atoms with van der Waals surface area (Å²) < 4.78 is 12.1. The minimum Gasteiger partial charge on any atom is -0.326 e. The molecule has 2 N–H and O–H groups in total. The second-order valence-electron chi connectivity index (χ2n) is 7.45. The van der Waals surface area contributed by atoms with Crippen LogP contribution in [0, 0.1) is 11.7 Å². The minimum absolute atomic E-state index is 0.0959. The van der Waals surface area contributed by atoms with Gasteiger partial charge in [-0.25, -0.2) is 4.39 Å². The second kappa shape index (κ2) is 9.32. The molecule has 1 saturated carbocycles. The van der Waals surface area contributed by atoms with Gasteiger partial charge in [-0.15, -0.1) is 23.2 Å². The molecule has 4 rings (SSSR count). The zero-order valence-corrected chi connectivity index (χ0v) is 20.3. The summed E-state index contributed by atoms with van der Waals surface area (Å²) in [7, 11) is 0. The predicted octanol–water partition coefficient (Wildman–Crippen LogP) is 7.56. The number of carbonyl (C=O) groups excluding carboxylic acids is 2. The van der Waals surface area contributed by atoms with Crippen molar-refractivity contribution < 1.29 is 14.0 Å². The van der Waals surface area contributed by atoms with Crippen molar-refractivity contribution in [2.45, 2.75) is 10.3 Å². The van der Waals surface area contributed by atoms with Gasteiger partial charge in [-0.2, -0.15) is 0 Å². The summed E-state index contributed by atoms with van der Waals surface area (Å²) in [5.41, 5.74) is 1.36. The fraction of sp³-hybridized carbons (Fsp3) is 0.130. The Morgan fingerprint density at radius 2 is 1.52 bits per heavy atom. The lowest BCUT2D eigenvalue weighted by Gasteiger charge is -2.10. The Kier molecular flexibility index (Phi) is 6.81. The molecule has 0 bridgehead atoms. The molecule has 1 fully saturated rings. The lowest BCUT2D eigenvalue weighted by molar-refractivity contribution is -0.117. The zero-order chi connectivity index (χ0) is 23.9. The van der Waals surface area contributed by atoms with Crippen molar-refractivity contribution in [2.24, 2.45) is 5.92 Å². The van der Waals surface area contributed by atoms with Crippen molar-refractivity contribution in [3.63, 3.8) is 0 Å². The number of alkyl halides is 2. The summed E-state index contributed by atoms with van der Waals surface area (Å²) >= 11 is 31.0. The lowest BCUT2D eigenvalue weighted by atomic mass is 10.1. The summed E-state index contributed by atoms with van der Waals surface area (Å²) in [6.07, 6.45) is 0. The molecule has 4 nitrogen and oxygen atoms in total. The summed E-state index contributed by atoms with van der Waals surface area (Å²) in [5, 5.41) is 6.15. The highest BCUT2D eigenvalue weighted by Crippen LogP contribution is 2.65. The highest BCUT2D eigenvalue weighted by Gasteiger charge is 2.67. The first-order chi connectivity index (χ1) is 15.6. The molecule has 0 unspecified atom stereocenters. The molecule has 170 valence electrons. The maximum Gasteiger partial charge on any atom is 0.257 e. The van der Waals surface area contributed by atoms with Crippen molar-refractivity contribution in [2.75, 3.05) is 10.6 Å². The molecule has 1 aliphatic rings. The number of anilines is 2. The first-order valence-corrected chi connectivity index (χ1v) is 11.5. The summed E-state index contributed by atoms with van der Waals surface area (Å²) in [5.74, 6) is -2.73. The van der Waals surface area contributed by atoms with E-state index < -0.39 is 33.8 Å². The maximum atomic E-state index is 13.4. The molecular weight excluding hydrogens is 533 g/mol. The Hall–Kier alpha value is -2.02. The van der Waals surface area contributed by atoms with Gasteiger partial charge in [0, 0.05) is 17.3 Å². The average Bonchev–Trinajstić information content (AvgIpc) is 3.33. The highest BCUT2D eigenvalue weighted by atomic mass is 35.5. The van der Waals surface area contributed by atoms with Crippen molar-refractivity contribution in [1.29, 1.82) is 0 Å². The van der Waals surface area contributed by atoms with E-state index in [1.807, 2.05) is 0 Å². The van der Waals surface area contributed by atoms with Gasteiger partial charge >= 0.3 is 0 Å². The van der Waals surface area contributed by atoms with Gasteiger partial charge in [0.1, 0.15) is 10.2 Å². The van der Waals surface area contributed by atoms with E-state index in [1.165, 1.54) is 36.4 Å². The van der Waals surface area contributed by atoms with Crippen molar-refractivity contribution in [3.05, 3.63) is 92.7 Å². The summed E-state index contributed by atoms with van der Waals surface area (Å²) in [4.78, 5) is 25.5. The van der Waals surface area contributed by atoms with Crippen LogP contribution in [0.1, 0.15) is 21.8 Å². The Morgan fingerprint density at radius 1 is 0.818 bits per heavy atom. The molecule has 0 aliphatic heterocycles. The van der Waals surface area contributed by atoms with Crippen LogP contribution in [0.25, 0.3) is 0 Å². The Balaban J connectivity index is 1.50. The first kappa shape index (κ1) is 24.1. The standard InChI is InChI=1S/C23H14Cl5FN2O2/c24-16-7-5-14(10-15(16)21(32)30-13-3-1-2-12(29)9-13)31-22(33)20-19(23(20,27)28)11-4-6-17(25)18(26)8-11/h1-10,19-20H,(H,30,32)(H,31,33)/t19-,20+/m1/s1. The SMILES string of the molecule is O=C(Nc1cccc(F)c1)c1cc(NC(=O)[C@@H]2[C@@H](c3ccc(Cl)c(Cl)c3)C2(Cl)Cl)ccc1Cl. The van der Waals surface area contributed by atoms with Crippen LogP contribution >= 0.6 is 58.0 Å². The Morgan fingerprint density at radius 3 is 2.21 bits per heavy atom. The van der Waals surface area contributed by atoms with E-state index in [0.717, 1.165) is 0 Å². The minimum atomic E-state index is -1.33. The third kappa shape index (κ3) is 5.08. The van der Waals surface area contributed by atoms with Gasteiger partial charge < -0.3 is 10.6 Å². The topological polar surface area (TPSA) is 58.2 Å². The van der Waals surface area contributed by atoms with E-state index >= 15 is 0 Å². The molecule has 33 heavy (non-hydrogen) atoms. The molecule has 2 amide bonds. The number of carbonyl (C=O) groups is 2. The van der Waals surface area contributed by atoms with Gasteiger partial charge in [-0.05, 0) is 54.1 Å². The number of benzene rings is 3. The second-order valence-corrected chi connectivity index (χ2v) is 10.1. The van der Waals surface area contributed by atoms with E-state index in [-0.39, 0.29) is 16.3 Å². The molecule has 0 aromatic heterocycles. The van der Waals surface area contributed by atoms with Crippen LogP contribution in [-0.4, -0.2) is 16.1 Å². The largest absolute Gasteiger partial charge is 0.326 e. The number of amides is 2. The lowest BCUT2D eigenvalue weighted by Crippen LogP contribution is -2.18. The van der Waals surface area contributed by atoms with Crippen molar-refractivity contribution >= 4 is 81.2 Å². The van der Waals surface area contributed by atoms with Crippen LogP contribution in [0.5, 0.6) is 0 Å². The molecule has 3 aromatic carbocycles. The van der Waals surface area contributed by atoms with Crippen molar-refractivity contribution in [3.8, 4) is 0 Å². The predicted molar refractivity (Wildman–Crippen MR) is 132 cm³/mol. The van der Waals surface area contributed by atoms with Gasteiger partial charge in [0.2, 0.25) is 5.91 Å². The Bertz CT molecular complexity index is 1270. The van der Waals surface area contributed by atoms with Crippen LogP contribution in [-0.2, 0) is 4.79 Å². The van der Waals surface area contributed by atoms with Crippen LogP contribution < -0.4 is 10.6 Å². The van der Waals surface area contributed by atoms with Crippen LogP contribution in [0.2, 0.25) is 15.1 Å². The molecule has 0 radical (unpaired) electrons. The molecule has 0 spiro atoms. The zero-order valence-electron chi connectivity index (χ0n) is 16.5. The number of nitrogens with one attached hydrogen (secondary N) is 2. The molecule has 3 aromatic rings. The molecule has 1 aliphatic carbocycles. The van der Waals surface area contributed by atoms with Crippen molar-refractivity contribution in [1.82, 2.24) is 0 Å². The van der Waals surface area contributed by atoms with Crippen LogP contribution in [0.4, 0.5) is 15.8 Å². The molecule has 0 saturated heterocycles. The van der Waals surface area contributed by atoms with E-state index in [4.69, 9.17) is 58.0 Å². The smallest absolute Gasteiger partial charge is 0.257 e. The molecule has 10 heteroatoms. The first-order valence-electron chi connectivity index (χ1n) is 9.58. The van der Waals surface area contributed by atoms with Gasteiger partial charge in [0.25, 0.3) is 5.91 Å². The number of rotatable bonds is 5. The number of halogens is 6. The van der Waals surface area contributed by atoms with Gasteiger partial charge in [0.15, 0.2) is 0 Å². The monoisotopic (exact) mass is 544 g/mol. The number of hydrogen-bond donors (Lipinski definition) is 2. The molecule has 0 heterocycles. The van der Waals surface area contributed by atoms with E-state index in [9.17, 15) is 14.0 Å². The third-order valence-corrected chi connectivity index (χ3v) is 7.21. The quantitative estimate of drug-likeness (QED) is 0.325. The normalized spacial score (nSPS) is 18.5. The highest BCUT2D eigenvalue weighted by molar-refractivity contribution is 6.53. The average molecular weight is 547 g/mol. The van der Waals surface area contributed by atoms with Crippen LogP contribution in [0.15, 0.2) is 60.7 Å². The van der Waals surface area contributed by atoms with E-state index in [0.29, 0.717) is 21.3 Å². The Labute approximate surface area is 213 Å². The van der Waals surface area contributed by atoms with E-state index in [2.05, 4.69) is 10.6 Å². The van der Waals surface area contributed by atoms with Gasteiger partial charge in [-0.1, -0.05) is 46.9 Å². The number of hydrogen-bond acceptors (Lipinski definition) is 2. The maximum absolute atomic E-state index is 13.4. The molecular formula is C23H14Cl5FN2O2. The third-order valence-electron chi connectivity index (χ3n) is 5.20. The summed E-state index contributed by atoms with van der Waals surface area (Å²) in [6.45, 7) is 0. The molecule has 2 atom stereocenters. The van der Waals surface area contributed by atoms with Crippen LogP contribution in [0.3, 0.4) is 0 Å². The van der Waals surface area contributed by atoms with Gasteiger partial charge in [0.05, 0.1) is 26.5 Å². The van der Waals surface area contributed by atoms with Gasteiger partial charge in [-0.3, -0.25) is 9.59 Å². The summed E-state index contributed by atoms with van der Waals surface area (Å²) in [6, 6.07) is 14.8. The fourth-order valence-corrected chi connectivity index (χ4v) is 4.87. The van der Waals surface area contributed by atoms with E-state index in [1.54, 1.807) is 24.3 Å². The fourth-order valence-electron chi connectivity index (χ4n) is 3.54.